The van der Waals surface area contributed by atoms with Crippen molar-refractivity contribution < 1.29 is 9.59 Å². The average Bonchev–Trinajstić information content (AvgIpc) is 3.09. The van der Waals surface area contributed by atoms with Gasteiger partial charge in [0, 0.05) is 17.6 Å². The summed E-state index contributed by atoms with van der Waals surface area (Å²) in [7, 11) is 0. The second kappa shape index (κ2) is 8.80. The summed E-state index contributed by atoms with van der Waals surface area (Å²) in [6, 6.07) is 7.16. The van der Waals surface area contributed by atoms with Crippen LogP contribution in [-0.4, -0.2) is 23.5 Å². The van der Waals surface area contributed by atoms with E-state index in [1.54, 1.807) is 5.38 Å². The molecule has 0 unspecified atom stereocenters. The number of rotatable bonds is 5. The van der Waals surface area contributed by atoms with Crippen LogP contribution in [0.5, 0.6) is 0 Å². The third kappa shape index (κ3) is 5.29. The van der Waals surface area contributed by atoms with Crippen LogP contribution >= 0.6 is 11.3 Å². The third-order valence-corrected chi connectivity index (χ3v) is 5.27. The van der Waals surface area contributed by atoms with Crippen molar-refractivity contribution in [1.82, 2.24) is 10.3 Å². The van der Waals surface area contributed by atoms with Crippen LogP contribution in [0.15, 0.2) is 29.6 Å². The van der Waals surface area contributed by atoms with Crippen molar-refractivity contribution in [1.29, 1.82) is 0 Å². The molecule has 3 N–H and O–H groups in total. The van der Waals surface area contributed by atoms with Crippen molar-refractivity contribution in [2.75, 3.05) is 17.2 Å². The summed E-state index contributed by atoms with van der Waals surface area (Å²) in [5.74, 6) is 0.392. The molecule has 0 bridgehead atoms. The molecular formula is C19H24N4O2S. The average molecular weight is 372 g/mol. The van der Waals surface area contributed by atoms with Gasteiger partial charge in [0.25, 0.3) is 5.91 Å². The summed E-state index contributed by atoms with van der Waals surface area (Å²) in [4.78, 5) is 28.5. The Morgan fingerprint density at radius 2 is 2.00 bits per heavy atom. The lowest BCUT2D eigenvalue weighted by Crippen LogP contribution is -2.30. The van der Waals surface area contributed by atoms with Gasteiger partial charge in [-0.2, -0.15) is 0 Å². The predicted octanol–water partition coefficient (Wildman–Crippen LogP) is 4.41. The highest BCUT2D eigenvalue weighted by atomic mass is 32.1. The van der Waals surface area contributed by atoms with Gasteiger partial charge in [-0.1, -0.05) is 31.4 Å². The largest absolute Gasteiger partial charge is 0.350 e. The van der Waals surface area contributed by atoms with E-state index in [0.29, 0.717) is 29.0 Å². The number of nitrogens with zero attached hydrogens (tertiary/aromatic N) is 1. The van der Waals surface area contributed by atoms with E-state index in [4.69, 9.17) is 0 Å². The molecule has 1 aliphatic rings. The highest BCUT2D eigenvalue weighted by Gasteiger charge is 2.17. The number of aryl methyl sites for hydroxylation is 1. The summed E-state index contributed by atoms with van der Waals surface area (Å²) in [6.45, 7) is 2.66. The van der Waals surface area contributed by atoms with E-state index in [1.165, 1.54) is 43.4 Å². The van der Waals surface area contributed by atoms with Crippen molar-refractivity contribution in [2.24, 2.45) is 5.92 Å². The minimum atomic E-state index is -0.376. The molecular weight excluding hydrogens is 348 g/mol. The van der Waals surface area contributed by atoms with Gasteiger partial charge in [-0.15, -0.1) is 11.3 Å². The molecule has 0 aliphatic heterocycles. The Kier molecular flexibility index (Phi) is 6.22. The van der Waals surface area contributed by atoms with E-state index in [0.717, 1.165) is 5.56 Å². The van der Waals surface area contributed by atoms with E-state index in [2.05, 4.69) is 20.9 Å². The Morgan fingerprint density at radius 3 is 2.77 bits per heavy atom. The lowest BCUT2D eigenvalue weighted by Gasteiger charge is -2.21. The zero-order valence-electron chi connectivity index (χ0n) is 14.9. The molecule has 2 aromatic rings. The van der Waals surface area contributed by atoms with Gasteiger partial charge in [0.05, 0.1) is 0 Å². The monoisotopic (exact) mass is 372 g/mol. The fourth-order valence-electron chi connectivity index (χ4n) is 3.14. The van der Waals surface area contributed by atoms with Crippen molar-refractivity contribution in [3.63, 3.8) is 0 Å². The van der Waals surface area contributed by atoms with Crippen LogP contribution < -0.4 is 16.0 Å². The van der Waals surface area contributed by atoms with Crippen LogP contribution in [0.3, 0.4) is 0 Å². The molecule has 1 saturated carbocycles. The van der Waals surface area contributed by atoms with Crippen molar-refractivity contribution in [3.05, 3.63) is 40.9 Å². The third-order valence-electron chi connectivity index (χ3n) is 4.51. The molecule has 0 radical (unpaired) electrons. The van der Waals surface area contributed by atoms with Gasteiger partial charge in [-0.3, -0.25) is 10.1 Å². The molecule has 1 fully saturated rings. The normalized spacial score (nSPS) is 14.7. The first kappa shape index (κ1) is 18.4. The number of nitrogens with one attached hydrogen (secondary N) is 3. The molecule has 0 atom stereocenters. The van der Waals surface area contributed by atoms with Gasteiger partial charge in [0.2, 0.25) is 0 Å². The molecule has 138 valence electrons. The molecule has 1 aromatic carbocycles. The number of hydrogen-bond donors (Lipinski definition) is 3. The van der Waals surface area contributed by atoms with E-state index in [1.807, 2.05) is 31.2 Å². The summed E-state index contributed by atoms with van der Waals surface area (Å²) in [6.07, 6.45) is 6.17. The van der Waals surface area contributed by atoms with Crippen molar-refractivity contribution in [2.45, 2.75) is 39.0 Å². The number of carbonyl (C=O) groups excluding carboxylic acids is 2. The molecule has 6 nitrogen and oxygen atoms in total. The molecule has 3 rings (SSSR count). The number of thiazole rings is 1. The Labute approximate surface area is 157 Å². The summed E-state index contributed by atoms with van der Waals surface area (Å²) in [5, 5.41) is 10.4. The van der Waals surface area contributed by atoms with Crippen LogP contribution in [0.2, 0.25) is 0 Å². The minimum absolute atomic E-state index is 0.182. The lowest BCUT2D eigenvalue weighted by atomic mass is 9.89. The van der Waals surface area contributed by atoms with Gasteiger partial charge in [-0.25, -0.2) is 9.78 Å². The zero-order chi connectivity index (χ0) is 18.4. The lowest BCUT2D eigenvalue weighted by molar-refractivity contribution is 0.0939. The van der Waals surface area contributed by atoms with Crippen molar-refractivity contribution >= 4 is 34.1 Å². The molecule has 0 spiro atoms. The highest BCUT2D eigenvalue weighted by Crippen LogP contribution is 2.23. The SMILES string of the molecule is Cc1cccc(NC(=O)Nc2nc(C(=O)NCC3CCCCC3)cs2)c1. The molecule has 3 amide bonds. The first-order valence-electron chi connectivity index (χ1n) is 8.98. The fourth-order valence-corrected chi connectivity index (χ4v) is 3.82. The van der Waals surface area contributed by atoms with Gasteiger partial charge >= 0.3 is 6.03 Å². The summed E-state index contributed by atoms with van der Waals surface area (Å²) in [5.41, 5.74) is 2.12. The van der Waals surface area contributed by atoms with Gasteiger partial charge in [-0.05, 0) is 43.4 Å². The molecule has 1 aliphatic carbocycles. The molecule has 1 aromatic heterocycles. The maximum absolute atomic E-state index is 12.2. The summed E-state index contributed by atoms with van der Waals surface area (Å²) < 4.78 is 0. The van der Waals surface area contributed by atoms with Crippen LogP contribution in [0, 0.1) is 12.8 Å². The van der Waals surface area contributed by atoms with Gasteiger partial charge in [0.1, 0.15) is 5.69 Å². The first-order valence-corrected chi connectivity index (χ1v) is 9.86. The smallest absolute Gasteiger partial charge is 0.325 e. The first-order chi connectivity index (χ1) is 12.6. The van der Waals surface area contributed by atoms with Crippen molar-refractivity contribution in [3.8, 4) is 0 Å². The minimum Gasteiger partial charge on any atom is -0.350 e. The van der Waals surface area contributed by atoms with Gasteiger partial charge in [0.15, 0.2) is 5.13 Å². The van der Waals surface area contributed by atoms with E-state index in [9.17, 15) is 9.59 Å². The second-order valence-electron chi connectivity index (χ2n) is 6.70. The van der Waals surface area contributed by atoms with Crippen LogP contribution in [-0.2, 0) is 0 Å². The number of urea groups is 1. The molecule has 7 heteroatoms. The predicted molar refractivity (Wildman–Crippen MR) is 105 cm³/mol. The number of amides is 3. The maximum Gasteiger partial charge on any atom is 0.325 e. The molecule has 26 heavy (non-hydrogen) atoms. The van der Waals surface area contributed by atoms with Gasteiger partial charge < -0.3 is 10.6 Å². The molecule has 1 heterocycles. The maximum atomic E-state index is 12.2. The quantitative estimate of drug-likeness (QED) is 0.727. The number of benzene rings is 1. The van der Waals surface area contributed by atoms with Crippen LogP contribution in [0.25, 0.3) is 0 Å². The van der Waals surface area contributed by atoms with E-state index < -0.39 is 0 Å². The Morgan fingerprint density at radius 1 is 1.19 bits per heavy atom. The number of carbonyl (C=O) groups is 2. The Bertz CT molecular complexity index is 768. The summed E-state index contributed by atoms with van der Waals surface area (Å²) >= 11 is 1.24. The molecule has 0 saturated heterocycles. The number of anilines is 2. The standard InChI is InChI=1S/C19H24N4O2S/c1-13-6-5-9-15(10-13)21-18(25)23-19-22-16(12-26-19)17(24)20-11-14-7-3-2-4-8-14/h5-6,9-10,12,14H,2-4,7-8,11H2,1H3,(H,20,24)(H2,21,22,23,25). The van der Waals surface area contributed by atoms with E-state index >= 15 is 0 Å². The topological polar surface area (TPSA) is 83.1 Å². The van der Waals surface area contributed by atoms with Crippen LogP contribution in [0.4, 0.5) is 15.6 Å². The second-order valence-corrected chi connectivity index (χ2v) is 7.56. The fraction of sp³-hybridized carbons (Fsp3) is 0.421. The zero-order valence-corrected chi connectivity index (χ0v) is 15.7. The highest BCUT2D eigenvalue weighted by molar-refractivity contribution is 7.14. The number of hydrogen-bond acceptors (Lipinski definition) is 4. The van der Waals surface area contributed by atoms with Crippen LogP contribution in [0.1, 0.15) is 48.2 Å². The number of aromatic nitrogens is 1. The van der Waals surface area contributed by atoms with E-state index in [-0.39, 0.29) is 11.9 Å². The Hall–Kier alpha value is -2.41. The Balaban J connectivity index is 1.48.